The van der Waals surface area contributed by atoms with Gasteiger partial charge in [-0.05, 0) is 52.7 Å². The Hall–Kier alpha value is -3.02. The van der Waals surface area contributed by atoms with Gasteiger partial charge in [0.05, 0.1) is 6.04 Å². The van der Waals surface area contributed by atoms with Crippen molar-refractivity contribution in [2.24, 2.45) is 0 Å². The van der Waals surface area contributed by atoms with Crippen molar-refractivity contribution < 1.29 is 23.8 Å². The fourth-order valence-electron chi connectivity index (χ4n) is 3.38. The van der Waals surface area contributed by atoms with E-state index in [1.807, 2.05) is 54.6 Å². The molecule has 1 aromatic carbocycles. The minimum atomic E-state index is -0.982. The van der Waals surface area contributed by atoms with Crippen LogP contribution in [0.3, 0.4) is 0 Å². The predicted molar refractivity (Wildman–Crippen MR) is 115 cm³/mol. The third kappa shape index (κ3) is 4.93. The number of carbonyl (C=O) groups excluding carboxylic acids is 2. The number of benzene rings is 1. The largest absolute Gasteiger partial charge is 0.511 e. The van der Waals surface area contributed by atoms with Crippen molar-refractivity contribution >= 4 is 17.8 Å². The minimum Gasteiger partial charge on any atom is -0.444 e. The van der Waals surface area contributed by atoms with Gasteiger partial charge in [-0.3, -0.25) is 4.90 Å². The second-order valence-electron chi connectivity index (χ2n) is 9.25. The van der Waals surface area contributed by atoms with Gasteiger partial charge in [0.15, 0.2) is 0 Å². The molecule has 3 rings (SSSR count). The van der Waals surface area contributed by atoms with Gasteiger partial charge < -0.3 is 14.2 Å². The molecular weight excluding hydrogens is 382 g/mol. The molecule has 6 heteroatoms. The van der Waals surface area contributed by atoms with Crippen molar-refractivity contribution in [2.75, 3.05) is 0 Å². The van der Waals surface area contributed by atoms with Crippen LogP contribution in [0.25, 0.3) is 5.57 Å². The highest BCUT2D eigenvalue weighted by Gasteiger charge is 2.46. The number of allylic oxidation sites excluding steroid dienone is 2. The Morgan fingerprint density at radius 1 is 0.900 bits per heavy atom. The van der Waals surface area contributed by atoms with Gasteiger partial charge in [-0.25, -0.2) is 9.59 Å². The molecule has 0 saturated carbocycles. The van der Waals surface area contributed by atoms with Crippen molar-refractivity contribution in [1.82, 2.24) is 4.90 Å². The Kier molecular flexibility index (Phi) is 5.79. The van der Waals surface area contributed by atoms with Gasteiger partial charge in [-0.1, -0.05) is 54.6 Å². The quantitative estimate of drug-likeness (QED) is 0.604. The molecule has 1 heterocycles. The van der Waals surface area contributed by atoms with Crippen molar-refractivity contribution in [3.05, 3.63) is 65.8 Å². The van der Waals surface area contributed by atoms with Crippen molar-refractivity contribution in [3.8, 4) is 0 Å². The lowest BCUT2D eigenvalue weighted by Gasteiger charge is -2.33. The fourth-order valence-corrected chi connectivity index (χ4v) is 3.38. The molecule has 160 valence electrons. The summed E-state index contributed by atoms with van der Waals surface area (Å²) in [5.41, 5.74) is 1.05. The lowest BCUT2D eigenvalue weighted by atomic mass is 9.96. The SMILES string of the molecule is CC(C)(C)OC(=O)O[C@@H]1C(c2ccccc2)=C2C=CC=C[C@H]2N1C(=O)OC(C)(C)C. The van der Waals surface area contributed by atoms with Crippen LogP contribution < -0.4 is 0 Å². The molecule has 0 N–H and O–H groups in total. The van der Waals surface area contributed by atoms with Gasteiger partial charge in [0, 0.05) is 5.57 Å². The standard InChI is InChI=1S/C24H29NO5/c1-23(2,3)29-21(26)25-18-15-11-10-14-17(18)19(16-12-8-7-9-13-16)20(25)28-22(27)30-24(4,5)6/h7-15,18,20H,1-6H3/t18-,20-/m1/s1. The van der Waals surface area contributed by atoms with E-state index >= 15 is 0 Å². The van der Waals surface area contributed by atoms with E-state index in [2.05, 4.69) is 0 Å². The van der Waals surface area contributed by atoms with E-state index in [1.165, 1.54) is 4.90 Å². The Morgan fingerprint density at radius 3 is 2.13 bits per heavy atom. The maximum Gasteiger partial charge on any atom is 0.511 e. The van der Waals surface area contributed by atoms with Crippen LogP contribution in [0.2, 0.25) is 0 Å². The first-order valence-electron chi connectivity index (χ1n) is 10.0. The molecule has 1 amide bonds. The smallest absolute Gasteiger partial charge is 0.444 e. The van der Waals surface area contributed by atoms with Crippen LogP contribution >= 0.6 is 0 Å². The summed E-state index contributed by atoms with van der Waals surface area (Å²) in [7, 11) is 0. The van der Waals surface area contributed by atoms with Gasteiger partial charge >= 0.3 is 12.2 Å². The number of amides is 1. The third-order valence-corrected chi connectivity index (χ3v) is 4.40. The second kappa shape index (κ2) is 8.01. The van der Waals surface area contributed by atoms with E-state index in [4.69, 9.17) is 14.2 Å². The topological polar surface area (TPSA) is 65.1 Å². The van der Waals surface area contributed by atoms with E-state index in [9.17, 15) is 9.59 Å². The van der Waals surface area contributed by atoms with Gasteiger partial charge in [-0.15, -0.1) is 0 Å². The third-order valence-electron chi connectivity index (χ3n) is 4.40. The lowest BCUT2D eigenvalue weighted by molar-refractivity contribution is -0.0555. The van der Waals surface area contributed by atoms with Crippen LogP contribution in [-0.4, -0.2) is 40.6 Å². The summed E-state index contributed by atoms with van der Waals surface area (Å²) in [5.74, 6) is 0. The van der Waals surface area contributed by atoms with Crippen molar-refractivity contribution in [2.45, 2.75) is 65.0 Å². The number of ether oxygens (including phenoxy) is 3. The average molecular weight is 411 g/mol. The fraction of sp³-hybridized carbons (Fsp3) is 0.417. The first-order chi connectivity index (χ1) is 14.0. The molecule has 1 aliphatic heterocycles. The van der Waals surface area contributed by atoms with Gasteiger partial charge in [-0.2, -0.15) is 0 Å². The van der Waals surface area contributed by atoms with E-state index in [1.54, 1.807) is 41.5 Å². The monoisotopic (exact) mass is 411 g/mol. The number of fused-ring (bicyclic) bond motifs is 1. The average Bonchev–Trinajstić information content (AvgIpc) is 2.93. The normalized spacial score (nSPS) is 20.8. The number of nitrogens with zero attached hydrogens (tertiary/aromatic N) is 1. The van der Waals surface area contributed by atoms with Crippen LogP contribution in [0.4, 0.5) is 9.59 Å². The second-order valence-corrected chi connectivity index (χ2v) is 9.25. The Labute approximate surface area is 177 Å². The summed E-state index contributed by atoms with van der Waals surface area (Å²) in [5, 5.41) is 0. The zero-order valence-corrected chi connectivity index (χ0v) is 18.3. The van der Waals surface area contributed by atoms with Crippen LogP contribution in [0.15, 0.2) is 60.2 Å². The van der Waals surface area contributed by atoms with Gasteiger partial charge in [0.2, 0.25) is 6.23 Å². The maximum absolute atomic E-state index is 13.2. The highest BCUT2D eigenvalue weighted by molar-refractivity contribution is 5.86. The van der Waals surface area contributed by atoms with Crippen molar-refractivity contribution in [1.29, 1.82) is 0 Å². The molecule has 2 atom stereocenters. The molecule has 0 fully saturated rings. The van der Waals surface area contributed by atoms with Gasteiger partial charge in [0.25, 0.3) is 0 Å². The summed E-state index contributed by atoms with van der Waals surface area (Å²) in [6.45, 7) is 10.7. The molecule has 0 radical (unpaired) electrons. The van der Waals surface area contributed by atoms with Gasteiger partial charge in [0.1, 0.15) is 11.2 Å². The molecule has 0 bridgehead atoms. The predicted octanol–water partition coefficient (Wildman–Crippen LogP) is 5.46. The van der Waals surface area contributed by atoms with E-state index in [-0.39, 0.29) is 0 Å². The molecule has 0 spiro atoms. The number of carbonyl (C=O) groups is 2. The highest BCUT2D eigenvalue weighted by atomic mass is 16.7. The van der Waals surface area contributed by atoms with Crippen LogP contribution in [0.5, 0.6) is 0 Å². The van der Waals surface area contributed by atoms with Crippen LogP contribution in [-0.2, 0) is 14.2 Å². The first-order valence-corrected chi connectivity index (χ1v) is 10.0. The molecule has 2 aliphatic rings. The number of hydrogen-bond acceptors (Lipinski definition) is 5. The summed E-state index contributed by atoms with van der Waals surface area (Å²) < 4.78 is 16.7. The molecule has 0 saturated heterocycles. The Balaban J connectivity index is 2.05. The summed E-state index contributed by atoms with van der Waals surface area (Å²) in [6.07, 6.45) is 5.20. The Bertz CT molecular complexity index is 900. The molecule has 0 unspecified atom stereocenters. The van der Waals surface area contributed by atoms with E-state index in [0.29, 0.717) is 0 Å². The molecule has 0 aromatic heterocycles. The van der Waals surface area contributed by atoms with E-state index < -0.39 is 35.7 Å². The van der Waals surface area contributed by atoms with Crippen LogP contribution in [0, 0.1) is 0 Å². The molecular formula is C24H29NO5. The summed E-state index contributed by atoms with van der Waals surface area (Å²) in [6, 6.07) is 9.16. The maximum atomic E-state index is 13.2. The molecule has 6 nitrogen and oxygen atoms in total. The first kappa shape index (κ1) is 21.7. The molecule has 30 heavy (non-hydrogen) atoms. The zero-order valence-electron chi connectivity index (χ0n) is 18.3. The van der Waals surface area contributed by atoms with E-state index in [0.717, 1.165) is 16.7 Å². The number of hydrogen-bond donors (Lipinski definition) is 0. The Morgan fingerprint density at radius 2 is 1.53 bits per heavy atom. The minimum absolute atomic E-state index is 0.410. The lowest BCUT2D eigenvalue weighted by Crippen LogP contribution is -2.47. The van der Waals surface area contributed by atoms with Crippen molar-refractivity contribution in [3.63, 3.8) is 0 Å². The summed E-state index contributed by atoms with van der Waals surface area (Å²) in [4.78, 5) is 27.2. The highest BCUT2D eigenvalue weighted by Crippen LogP contribution is 2.41. The molecule has 1 aromatic rings. The summed E-state index contributed by atoms with van der Waals surface area (Å²) >= 11 is 0. The van der Waals surface area contributed by atoms with Crippen LogP contribution in [0.1, 0.15) is 47.1 Å². The zero-order chi connectivity index (χ0) is 22.1. The molecule has 1 aliphatic carbocycles. The number of rotatable bonds is 2.